The first-order valence-electron chi connectivity index (χ1n) is 7.33. The topological polar surface area (TPSA) is 73.3 Å². The van der Waals surface area contributed by atoms with Crippen molar-refractivity contribution in [3.8, 4) is 11.5 Å². The Morgan fingerprint density at radius 3 is 2.58 bits per heavy atom. The van der Waals surface area contributed by atoms with E-state index in [1.54, 1.807) is 12.1 Å². The average Bonchev–Trinajstić information content (AvgIpc) is 2.62. The lowest BCUT2D eigenvalue weighted by Gasteiger charge is -2.20. The maximum Gasteiger partial charge on any atom is 0.275 e. The quantitative estimate of drug-likeness (QED) is 0.731. The molecule has 0 fully saturated rings. The zero-order valence-electron chi connectivity index (χ0n) is 12.5. The maximum atomic E-state index is 12.5. The van der Waals surface area contributed by atoms with Gasteiger partial charge in [0, 0.05) is 16.6 Å². The van der Waals surface area contributed by atoms with E-state index < -0.39 is 0 Å². The predicted octanol–water partition coefficient (Wildman–Crippen LogP) is 3.42. The molecule has 1 N–H and O–H groups in total. The van der Waals surface area contributed by atoms with Crippen LogP contribution in [0.2, 0.25) is 0 Å². The number of nitrogens with zero attached hydrogens (tertiary/aromatic N) is 2. The van der Waals surface area contributed by atoms with Crippen molar-refractivity contribution in [2.45, 2.75) is 0 Å². The van der Waals surface area contributed by atoms with E-state index in [1.165, 1.54) is 6.20 Å². The number of carbonyl (C=O) groups is 1. The van der Waals surface area contributed by atoms with Crippen molar-refractivity contribution in [2.75, 3.05) is 18.5 Å². The van der Waals surface area contributed by atoms with Crippen molar-refractivity contribution in [1.29, 1.82) is 0 Å². The number of para-hydroxylation sites is 2. The second kappa shape index (κ2) is 6.09. The summed E-state index contributed by atoms with van der Waals surface area (Å²) >= 11 is 3.43. The molecular weight excluding hydrogens is 374 g/mol. The Labute approximate surface area is 146 Å². The fraction of sp³-hybridized carbons (Fsp3) is 0.118. The first kappa shape index (κ1) is 14.9. The molecule has 4 rings (SSSR count). The lowest BCUT2D eigenvalue weighted by atomic mass is 10.2. The highest BCUT2D eigenvalue weighted by Crippen LogP contribution is 2.38. The summed E-state index contributed by atoms with van der Waals surface area (Å²) in [5.74, 6) is 0.909. The molecule has 0 saturated heterocycles. The van der Waals surface area contributed by atoms with Crippen molar-refractivity contribution in [3.05, 3.63) is 52.8 Å². The van der Waals surface area contributed by atoms with Gasteiger partial charge in [-0.2, -0.15) is 0 Å². The number of hydrogen-bond acceptors (Lipinski definition) is 5. The molecule has 7 heteroatoms. The van der Waals surface area contributed by atoms with Gasteiger partial charge in [-0.1, -0.05) is 12.1 Å². The molecule has 0 radical (unpaired) electrons. The molecule has 3 aromatic rings. The molecule has 1 amide bonds. The van der Waals surface area contributed by atoms with Crippen LogP contribution in [0, 0.1) is 0 Å². The number of rotatable bonds is 2. The number of halogens is 1. The van der Waals surface area contributed by atoms with Gasteiger partial charge in [0.05, 0.1) is 22.9 Å². The largest absolute Gasteiger partial charge is 0.486 e. The SMILES string of the molecule is O=C(Nc1cc2c(cc1Br)OCCO2)c1cnc2ccccc2n1. The Kier molecular flexibility index (Phi) is 3.78. The van der Waals surface area contributed by atoms with Crippen molar-refractivity contribution in [2.24, 2.45) is 0 Å². The van der Waals surface area contributed by atoms with E-state index in [-0.39, 0.29) is 11.6 Å². The Balaban J connectivity index is 1.63. The Hall–Kier alpha value is -2.67. The van der Waals surface area contributed by atoms with Gasteiger partial charge in [-0.25, -0.2) is 4.98 Å². The van der Waals surface area contributed by atoms with Crippen LogP contribution in [0.3, 0.4) is 0 Å². The summed E-state index contributed by atoms with van der Waals surface area (Å²) in [5.41, 5.74) is 2.25. The zero-order valence-corrected chi connectivity index (χ0v) is 14.0. The fourth-order valence-corrected chi connectivity index (χ4v) is 2.83. The molecule has 2 heterocycles. The number of carbonyl (C=O) groups excluding carboxylic acids is 1. The van der Waals surface area contributed by atoms with E-state index in [0.717, 1.165) is 5.52 Å². The normalized spacial score (nSPS) is 12.9. The number of aromatic nitrogens is 2. The molecule has 1 aliphatic heterocycles. The molecule has 1 aromatic heterocycles. The summed E-state index contributed by atoms with van der Waals surface area (Å²) < 4.78 is 11.7. The molecular formula is C17H12BrN3O3. The van der Waals surface area contributed by atoms with Crippen LogP contribution in [0.15, 0.2) is 47.1 Å². The molecule has 6 nitrogen and oxygen atoms in total. The highest BCUT2D eigenvalue weighted by molar-refractivity contribution is 9.10. The third kappa shape index (κ3) is 2.78. The molecule has 0 atom stereocenters. The van der Waals surface area contributed by atoms with Gasteiger partial charge >= 0.3 is 0 Å². The van der Waals surface area contributed by atoms with Crippen LogP contribution in [-0.4, -0.2) is 29.1 Å². The van der Waals surface area contributed by atoms with Crippen LogP contribution in [-0.2, 0) is 0 Å². The molecule has 0 bridgehead atoms. The van der Waals surface area contributed by atoms with E-state index in [0.29, 0.717) is 40.4 Å². The summed E-state index contributed by atoms with van der Waals surface area (Å²) in [7, 11) is 0. The average molecular weight is 386 g/mol. The zero-order chi connectivity index (χ0) is 16.5. The fourth-order valence-electron chi connectivity index (χ4n) is 2.41. The second-order valence-electron chi connectivity index (χ2n) is 5.17. The highest BCUT2D eigenvalue weighted by atomic mass is 79.9. The molecule has 0 saturated carbocycles. The van der Waals surface area contributed by atoms with E-state index in [1.807, 2.05) is 24.3 Å². The van der Waals surface area contributed by atoms with Crippen LogP contribution in [0.4, 0.5) is 5.69 Å². The van der Waals surface area contributed by atoms with Crippen LogP contribution in [0.1, 0.15) is 10.5 Å². The number of ether oxygens (including phenoxy) is 2. The lowest BCUT2D eigenvalue weighted by molar-refractivity contribution is 0.102. The lowest BCUT2D eigenvalue weighted by Crippen LogP contribution is -2.17. The van der Waals surface area contributed by atoms with Crippen molar-refractivity contribution >= 4 is 38.6 Å². The molecule has 2 aromatic carbocycles. The highest BCUT2D eigenvalue weighted by Gasteiger charge is 2.17. The van der Waals surface area contributed by atoms with Gasteiger partial charge in [-0.15, -0.1) is 0 Å². The number of anilines is 1. The number of hydrogen-bond donors (Lipinski definition) is 1. The Bertz CT molecular complexity index is 946. The number of amides is 1. The standard InChI is InChI=1S/C17H12BrN3O3/c18-10-7-15-16(24-6-5-23-15)8-13(10)21-17(22)14-9-19-11-3-1-2-4-12(11)20-14/h1-4,7-9H,5-6H2,(H,21,22). The van der Waals surface area contributed by atoms with Gasteiger partial charge in [-0.05, 0) is 28.1 Å². The van der Waals surface area contributed by atoms with Crippen LogP contribution >= 0.6 is 15.9 Å². The number of fused-ring (bicyclic) bond motifs is 2. The van der Waals surface area contributed by atoms with Crippen molar-refractivity contribution in [1.82, 2.24) is 9.97 Å². The third-order valence-corrected chi connectivity index (χ3v) is 4.22. The van der Waals surface area contributed by atoms with E-state index in [2.05, 4.69) is 31.2 Å². The van der Waals surface area contributed by atoms with Crippen LogP contribution < -0.4 is 14.8 Å². The molecule has 1 aliphatic rings. The molecule has 24 heavy (non-hydrogen) atoms. The molecule has 120 valence electrons. The summed E-state index contributed by atoms with van der Waals surface area (Å²) in [5, 5.41) is 2.82. The second-order valence-corrected chi connectivity index (χ2v) is 6.03. The maximum absolute atomic E-state index is 12.5. The van der Waals surface area contributed by atoms with Gasteiger partial charge < -0.3 is 14.8 Å². The molecule has 0 aliphatic carbocycles. The number of benzene rings is 2. The van der Waals surface area contributed by atoms with Gasteiger partial charge in [0.2, 0.25) is 0 Å². The monoisotopic (exact) mass is 385 g/mol. The smallest absolute Gasteiger partial charge is 0.275 e. The predicted molar refractivity (Wildman–Crippen MR) is 92.6 cm³/mol. The minimum atomic E-state index is -0.342. The van der Waals surface area contributed by atoms with Crippen LogP contribution in [0.5, 0.6) is 11.5 Å². The summed E-state index contributed by atoms with van der Waals surface area (Å²) in [4.78, 5) is 21.1. The Morgan fingerprint density at radius 2 is 1.79 bits per heavy atom. The molecule has 0 unspecified atom stereocenters. The Morgan fingerprint density at radius 1 is 1.08 bits per heavy atom. The van der Waals surface area contributed by atoms with E-state index in [9.17, 15) is 4.79 Å². The summed E-state index contributed by atoms with van der Waals surface area (Å²) in [6.45, 7) is 0.996. The van der Waals surface area contributed by atoms with Gasteiger partial charge in [0.25, 0.3) is 5.91 Å². The van der Waals surface area contributed by atoms with Crippen molar-refractivity contribution in [3.63, 3.8) is 0 Å². The van der Waals surface area contributed by atoms with E-state index >= 15 is 0 Å². The van der Waals surface area contributed by atoms with Crippen LogP contribution in [0.25, 0.3) is 11.0 Å². The van der Waals surface area contributed by atoms with Crippen molar-refractivity contribution < 1.29 is 14.3 Å². The summed E-state index contributed by atoms with van der Waals surface area (Å²) in [6.07, 6.45) is 1.46. The van der Waals surface area contributed by atoms with Gasteiger partial charge in [0.1, 0.15) is 18.9 Å². The minimum Gasteiger partial charge on any atom is -0.486 e. The first-order valence-corrected chi connectivity index (χ1v) is 8.12. The third-order valence-electron chi connectivity index (χ3n) is 3.56. The van der Waals surface area contributed by atoms with Gasteiger partial charge in [-0.3, -0.25) is 9.78 Å². The molecule has 0 spiro atoms. The van der Waals surface area contributed by atoms with E-state index in [4.69, 9.17) is 9.47 Å². The summed E-state index contributed by atoms with van der Waals surface area (Å²) in [6, 6.07) is 10.9. The minimum absolute atomic E-state index is 0.246. The first-order chi connectivity index (χ1) is 11.7. The number of nitrogens with one attached hydrogen (secondary N) is 1. The van der Waals surface area contributed by atoms with Gasteiger partial charge in [0.15, 0.2) is 11.5 Å².